The Morgan fingerprint density at radius 1 is 1.20 bits per heavy atom. The average Bonchev–Trinajstić information content (AvgIpc) is 1.99. The lowest BCUT2D eigenvalue weighted by Gasteiger charge is -2.28. The predicted molar refractivity (Wildman–Crippen MR) is 66.8 cm³/mol. The summed E-state index contributed by atoms with van der Waals surface area (Å²) in [5.41, 5.74) is 4.98. The van der Waals surface area contributed by atoms with Gasteiger partial charge in [0.1, 0.15) is 0 Å². The molecule has 1 atom stereocenters. The minimum atomic E-state index is -0.697. The lowest BCUT2D eigenvalue weighted by atomic mass is 9.88. The van der Waals surface area contributed by atoms with Crippen LogP contribution in [0.15, 0.2) is 12.2 Å². The van der Waals surface area contributed by atoms with E-state index in [1.54, 1.807) is 13.8 Å². The number of aliphatic hydroxyl groups is 1. The number of hydrogen-bond acceptors (Lipinski definition) is 2. The van der Waals surface area contributed by atoms with Gasteiger partial charge in [-0.15, -0.1) is 0 Å². The molecule has 0 aliphatic carbocycles. The predicted octanol–water partition coefficient (Wildman–Crippen LogP) is 3.00. The summed E-state index contributed by atoms with van der Waals surface area (Å²) in [4.78, 5) is 0. The first-order valence-electron chi connectivity index (χ1n) is 5.96. The highest BCUT2D eigenvalue weighted by atomic mass is 16.3. The maximum absolute atomic E-state index is 9.68. The number of hydrogen-bond donors (Lipinski definition) is 2. The third-order valence-electron chi connectivity index (χ3n) is 2.29. The van der Waals surface area contributed by atoms with E-state index in [2.05, 4.69) is 13.0 Å². The molecule has 0 spiro atoms. The van der Waals surface area contributed by atoms with Gasteiger partial charge in [0.15, 0.2) is 0 Å². The smallest absolute Gasteiger partial charge is 0.0612 e. The van der Waals surface area contributed by atoms with Gasteiger partial charge < -0.3 is 10.8 Å². The SMILES string of the molecule is CCCCC/C=C/C(C)(N)CC(C)(C)O. The van der Waals surface area contributed by atoms with Crippen molar-refractivity contribution in [2.75, 3.05) is 0 Å². The van der Waals surface area contributed by atoms with Crippen molar-refractivity contribution in [1.82, 2.24) is 0 Å². The zero-order valence-electron chi connectivity index (χ0n) is 10.7. The molecule has 1 unspecified atom stereocenters. The Labute approximate surface area is 94.6 Å². The highest BCUT2D eigenvalue weighted by Crippen LogP contribution is 2.19. The first-order chi connectivity index (χ1) is 6.77. The summed E-state index contributed by atoms with van der Waals surface area (Å²) in [5.74, 6) is 0. The fourth-order valence-electron chi connectivity index (χ4n) is 1.86. The molecule has 0 radical (unpaired) electrons. The molecule has 0 amide bonds. The molecular weight excluding hydrogens is 186 g/mol. The van der Waals surface area contributed by atoms with Gasteiger partial charge in [-0.3, -0.25) is 0 Å². The second-order valence-electron chi connectivity index (χ2n) is 5.39. The molecule has 0 heterocycles. The second-order valence-corrected chi connectivity index (χ2v) is 5.39. The largest absolute Gasteiger partial charge is 0.390 e. The fraction of sp³-hybridized carbons (Fsp3) is 0.846. The normalized spacial score (nSPS) is 16.9. The van der Waals surface area contributed by atoms with E-state index in [1.165, 1.54) is 19.3 Å². The number of nitrogens with two attached hydrogens (primary N) is 1. The van der Waals surface area contributed by atoms with Gasteiger partial charge in [-0.2, -0.15) is 0 Å². The van der Waals surface area contributed by atoms with Crippen LogP contribution in [0.3, 0.4) is 0 Å². The van der Waals surface area contributed by atoms with Crippen molar-refractivity contribution >= 4 is 0 Å². The molecule has 90 valence electrons. The molecular formula is C13H27NO. The van der Waals surface area contributed by atoms with E-state index in [9.17, 15) is 5.11 Å². The maximum atomic E-state index is 9.68. The maximum Gasteiger partial charge on any atom is 0.0612 e. The van der Waals surface area contributed by atoms with E-state index < -0.39 is 11.1 Å². The van der Waals surface area contributed by atoms with Gasteiger partial charge in [0.25, 0.3) is 0 Å². The van der Waals surface area contributed by atoms with E-state index in [-0.39, 0.29) is 0 Å². The molecule has 0 fully saturated rings. The molecule has 0 rings (SSSR count). The van der Waals surface area contributed by atoms with E-state index in [4.69, 9.17) is 5.73 Å². The number of allylic oxidation sites excluding steroid dienone is 1. The van der Waals surface area contributed by atoms with Crippen molar-refractivity contribution in [2.45, 2.75) is 70.9 Å². The molecule has 0 saturated carbocycles. The summed E-state index contributed by atoms with van der Waals surface area (Å²) in [7, 11) is 0. The molecule has 0 saturated heterocycles. The second kappa shape index (κ2) is 6.29. The lowest BCUT2D eigenvalue weighted by Crippen LogP contribution is -2.41. The Morgan fingerprint density at radius 3 is 2.27 bits per heavy atom. The molecule has 3 N–H and O–H groups in total. The monoisotopic (exact) mass is 213 g/mol. The van der Waals surface area contributed by atoms with Gasteiger partial charge in [0.2, 0.25) is 0 Å². The van der Waals surface area contributed by atoms with Gasteiger partial charge in [0, 0.05) is 5.54 Å². The summed E-state index contributed by atoms with van der Waals surface area (Å²) in [6.07, 6.45) is 9.60. The van der Waals surface area contributed by atoms with Crippen LogP contribution >= 0.6 is 0 Å². The third kappa shape index (κ3) is 9.95. The standard InChI is InChI=1S/C13H27NO/c1-5-6-7-8-9-10-13(4,14)11-12(2,3)15/h9-10,15H,5-8,11,14H2,1-4H3/b10-9+. The zero-order chi connectivity index (χ0) is 11.9. The topological polar surface area (TPSA) is 46.2 Å². The van der Waals surface area contributed by atoms with E-state index in [0.29, 0.717) is 6.42 Å². The van der Waals surface area contributed by atoms with Gasteiger partial charge in [-0.05, 0) is 40.0 Å². The minimum Gasteiger partial charge on any atom is -0.390 e. The highest BCUT2D eigenvalue weighted by Gasteiger charge is 2.24. The summed E-state index contributed by atoms with van der Waals surface area (Å²) >= 11 is 0. The lowest BCUT2D eigenvalue weighted by molar-refractivity contribution is 0.0561. The average molecular weight is 213 g/mol. The van der Waals surface area contributed by atoms with Crippen molar-refractivity contribution in [3.05, 3.63) is 12.2 Å². The first kappa shape index (κ1) is 14.7. The van der Waals surface area contributed by atoms with Crippen LogP contribution in [0, 0.1) is 0 Å². The Kier molecular flexibility index (Phi) is 6.15. The first-order valence-corrected chi connectivity index (χ1v) is 5.96. The number of unbranched alkanes of at least 4 members (excludes halogenated alkanes) is 3. The molecule has 15 heavy (non-hydrogen) atoms. The molecule has 0 bridgehead atoms. The van der Waals surface area contributed by atoms with Gasteiger partial charge in [-0.25, -0.2) is 0 Å². The molecule has 2 heteroatoms. The fourth-order valence-corrected chi connectivity index (χ4v) is 1.86. The van der Waals surface area contributed by atoms with Crippen LogP contribution in [0.1, 0.15) is 59.8 Å². The Hall–Kier alpha value is -0.340. The quantitative estimate of drug-likeness (QED) is 0.504. The van der Waals surface area contributed by atoms with Crippen molar-refractivity contribution in [3.63, 3.8) is 0 Å². The molecule has 0 aromatic carbocycles. The van der Waals surface area contributed by atoms with Crippen LogP contribution < -0.4 is 5.73 Å². The van der Waals surface area contributed by atoms with E-state index in [0.717, 1.165) is 6.42 Å². The van der Waals surface area contributed by atoms with Crippen molar-refractivity contribution < 1.29 is 5.11 Å². The van der Waals surface area contributed by atoms with Gasteiger partial charge in [-0.1, -0.05) is 31.9 Å². The van der Waals surface area contributed by atoms with Crippen LogP contribution in [0.4, 0.5) is 0 Å². The van der Waals surface area contributed by atoms with Crippen LogP contribution in [0.5, 0.6) is 0 Å². The van der Waals surface area contributed by atoms with Crippen LogP contribution in [-0.2, 0) is 0 Å². The summed E-state index contributed by atoms with van der Waals surface area (Å²) in [6.45, 7) is 7.75. The van der Waals surface area contributed by atoms with Gasteiger partial charge in [0.05, 0.1) is 5.60 Å². The molecule has 0 aromatic rings. The van der Waals surface area contributed by atoms with Gasteiger partial charge >= 0.3 is 0 Å². The van der Waals surface area contributed by atoms with Crippen molar-refractivity contribution in [1.29, 1.82) is 0 Å². The Bertz CT molecular complexity index is 189. The molecule has 0 aliphatic rings. The van der Waals surface area contributed by atoms with Crippen LogP contribution in [-0.4, -0.2) is 16.2 Å². The van der Waals surface area contributed by atoms with E-state index in [1.807, 2.05) is 13.0 Å². The highest BCUT2D eigenvalue weighted by molar-refractivity contribution is 5.04. The van der Waals surface area contributed by atoms with Crippen LogP contribution in [0.25, 0.3) is 0 Å². The molecule has 0 aliphatic heterocycles. The Balaban J connectivity index is 3.91. The van der Waals surface area contributed by atoms with Crippen LogP contribution in [0.2, 0.25) is 0 Å². The number of rotatable bonds is 7. The summed E-state index contributed by atoms with van der Waals surface area (Å²) < 4.78 is 0. The Morgan fingerprint density at radius 2 is 1.80 bits per heavy atom. The molecule has 2 nitrogen and oxygen atoms in total. The van der Waals surface area contributed by atoms with Crippen molar-refractivity contribution in [3.8, 4) is 0 Å². The third-order valence-corrected chi connectivity index (χ3v) is 2.29. The summed E-state index contributed by atoms with van der Waals surface area (Å²) in [6, 6.07) is 0. The minimum absolute atomic E-state index is 0.398. The molecule has 0 aromatic heterocycles. The van der Waals surface area contributed by atoms with Crippen molar-refractivity contribution in [2.24, 2.45) is 5.73 Å². The summed E-state index contributed by atoms with van der Waals surface area (Å²) in [5, 5.41) is 9.68. The van der Waals surface area contributed by atoms with E-state index >= 15 is 0 Å². The zero-order valence-corrected chi connectivity index (χ0v) is 10.7.